The van der Waals surface area contributed by atoms with Crippen molar-refractivity contribution in [2.45, 2.75) is 39.2 Å². The van der Waals surface area contributed by atoms with Gasteiger partial charge in [0.05, 0.1) is 0 Å². The van der Waals surface area contributed by atoms with Gasteiger partial charge in [-0.25, -0.2) is 0 Å². The molecule has 11 heavy (non-hydrogen) atoms. The van der Waals surface area contributed by atoms with Crippen LogP contribution in [0.4, 0.5) is 0 Å². The minimum atomic E-state index is 0.786. The van der Waals surface area contributed by atoms with Crippen LogP contribution in [0.5, 0.6) is 0 Å². The van der Waals surface area contributed by atoms with Gasteiger partial charge in [0.15, 0.2) is 0 Å². The van der Waals surface area contributed by atoms with E-state index < -0.39 is 0 Å². The molecule has 0 heterocycles. The summed E-state index contributed by atoms with van der Waals surface area (Å²) in [5, 5.41) is 1.12. The first-order valence-corrected chi connectivity index (χ1v) is 5.64. The van der Waals surface area contributed by atoms with Gasteiger partial charge in [-0.2, -0.15) is 0 Å². The second-order valence-corrected chi connectivity index (χ2v) is 3.79. The van der Waals surface area contributed by atoms with E-state index in [1.807, 2.05) is 0 Å². The SMILES string of the molecule is CCC(CC)N(C)CCCBr. The van der Waals surface area contributed by atoms with Gasteiger partial charge in [0.2, 0.25) is 0 Å². The molecule has 0 bridgehead atoms. The second-order valence-electron chi connectivity index (χ2n) is 2.99. The van der Waals surface area contributed by atoms with Gasteiger partial charge in [0.1, 0.15) is 0 Å². The topological polar surface area (TPSA) is 3.24 Å². The van der Waals surface area contributed by atoms with Crippen LogP contribution in [0.1, 0.15) is 33.1 Å². The van der Waals surface area contributed by atoms with Gasteiger partial charge < -0.3 is 4.90 Å². The molecule has 1 nitrogen and oxygen atoms in total. The van der Waals surface area contributed by atoms with Crippen LogP contribution in [0.2, 0.25) is 0 Å². The van der Waals surface area contributed by atoms with E-state index in [1.165, 1.54) is 25.8 Å². The fourth-order valence-electron chi connectivity index (χ4n) is 1.40. The van der Waals surface area contributed by atoms with Gasteiger partial charge in [-0.15, -0.1) is 0 Å². The van der Waals surface area contributed by atoms with E-state index in [0.29, 0.717) is 0 Å². The van der Waals surface area contributed by atoms with Gasteiger partial charge in [-0.3, -0.25) is 0 Å². The van der Waals surface area contributed by atoms with Crippen LogP contribution < -0.4 is 0 Å². The Balaban J connectivity index is 3.51. The number of hydrogen-bond acceptors (Lipinski definition) is 1. The maximum atomic E-state index is 3.44. The van der Waals surface area contributed by atoms with Crippen molar-refractivity contribution in [1.29, 1.82) is 0 Å². The zero-order valence-corrected chi connectivity index (χ0v) is 9.52. The molecule has 0 unspecified atom stereocenters. The van der Waals surface area contributed by atoms with Crippen LogP contribution in [0, 0.1) is 0 Å². The Morgan fingerprint density at radius 1 is 1.27 bits per heavy atom. The lowest BCUT2D eigenvalue weighted by molar-refractivity contribution is 0.231. The average molecular weight is 222 g/mol. The van der Waals surface area contributed by atoms with Crippen molar-refractivity contribution in [2.75, 3.05) is 18.9 Å². The van der Waals surface area contributed by atoms with Crippen molar-refractivity contribution in [3.8, 4) is 0 Å². The summed E-state index contributed by atoms with van der Waals surface area (Å²) in [6, 6.07) is 0.786. The first-order chi connectivity index (χ1) is 5.26. The zero-order chi connectivity index (χ0) is 8.69. The van der Waals surface area contributed by atoms with Gasteiger partial charge in [0.25, 0.3) is 0 Å². The highest BCUT2D eigenvalue weighted by atomic mass is 79.9. The molecule has 0 aliphatic heterocycles. The van der Waals surface area contributed by atoms with Crippen molar-refractivity contribution < 1.29 is 0 Å². The molecule has 0 aliphatic rings. The van der Waals surface area contributed by atoms with E-state index in [1.54, 1.807) is 0 Å². The van der Waals surface area contributed by atoms with E-state index in [-0.39, 0.29) is 0 Å². The number of alkyl halides is 1. The summed E-state index contributed by atoms with van der Waals surface area (Å²) in [7, 11) is 2.22. The molecule has 0 saturated heterocycles. The molecular weight excluding hydrogens is 202 g/mol. The maximum Gasteiger partial charge on any atom is 0.00869 e. The highest BCUT2D eigenvalue weighted by molar-refractivity contribution is 9.09. The highest BCUT2D eigenvalue weighted by Gasteiger charge is 2.08. The molecule has 0 aromatic carbocycles. The predicted molar refractivity (Wildman–Crippen MR) is 55.4 cm³/mol. The largest absolute Gasteiger partial charge is 0.303 e. The Bertz CT molecular complexity index is 81.6. The van der Waals surface area contributed by atoms with Gasteiger partial charge in [-0.05, 0) is 32.9 Å². The highest BCUT2D eigenvalue weighted by Crippen LogP contribution is 2.06. The number of hydrogen-bond donors (Lipinski definition) is 0. The minimum absolute atomic E-state index is 0.786. The smallest absolute Gasteiger partial charge is 0.00869 e. The average Bonchev–Trinajstić information content (AvgIpc) is 2.03. The molecule has 0 aromatic rings. The van der Waals surface area contributed by atoms with E-state index in [2.05, 4.69) is 41.7 Å². The summed E-state index contributed by atoms with van der Waals surface area (Å²) in [5.74, 6) is 0. The van der Waals surface area contributed by atoms with Crippen molar-refractivity contribution >= 4 is 15.9 Å². The Morgan fingerprint density at radius 3 is 2.18 bits per heavy atom. The molecule has 0 aliphatic carbocycles. The second kappa shape index (κ2) is 7.11. The molecule has 0 spiro atoms. The molecule has 0 amide bonds. The summed E-state index contributed by atoms with van der Waals surface area (Å²) < 4.78 is 0. The monoisotopic (exact) mass is 221 g/mol. The van der Waals surface area contributed by atoms with Crippen molar-refractivity contribution in [1.82, 2.24) is 4.90 Å². The Labute approximate surface area is 79.3 Å². The Morgan fingerprint density at radius 2 is 1.82 bits per heavy atom. The quantitative estimate of drug-likeness (QED) is 0.624. The zero-order valence-electron chi connectivity index (χ0n) is 7.94. The molecular formula is C9H20BrN. The van der Waals surface area contributed by atoms with E-state index in [9.17, 15) is 0 Å². The van der Waals surface area contributed by atoms with Crippen LogP contribution >= 0.6 is 15.9 Å². The molecule has 2 heteroatoms. The third-order valence-corrected chi connectivity index (χ3v) is 2.77. The molecule has 0 radical (unpaired) electrons. The summed E-state index contributed by atoms with van der Waals surface area (Å²) >= 11 is 3.44. The third-order valence-electron chi connectivity index (χ3n) is 2.21. The van der Waals surface area contributed by atoms with E-state index in [0.717, 1.165) is 11.4 Å². The lowest BCUT2D eigenvalue weighted by atomic mass is 10.1. The van der Waals surface area contributed by atoms with Crippen LogP contribution in [-0.2, 0) is 0 Å². The maximum absolute atomic E-state index is 3.44. The normalized spacial score (nSPS) is 11.5. The van der Waals surface area contributed by atoms with E-state index >= 15 is 0 Å². The summed E-state index contributed by atoms with van der Waals surface area (Å²) in [6.07, 6.45) is 3.80. The molecule has 0 aromatic heterocycles. The minimum Gasteiger partial charge on any atom is -0.303 e. The first-order valence-electron chi connectivity index (χ1n) is 4.52. The summed E-state index contributed by atoms with van der Waals surface area (Å²) in [4.78, 5) is 2.46. The van der Waals surface area contributed by atoms with Gasteiger partial charge in [0, 0.05) is 11.4 Å². The lowest BCUT2D eigenvalue weighted by Gasteiger charge is -2.25. The molecule has 0 rings (SSSR count). The van der Waals surface area contributed by atoms with E-state index in [4.69, 9.17) is 0 Å². The molecule has 0 N–H and O–H groups in total. The lowest BCUT2D eigenvalue weighted by Crippen LogP contribution is -2.31. The fourth-order valence-corrected chi connectivity index (χ4v) is 1.65. The van der Waals surface area contributed by atoms with Crippen molar-refractivity contribution in [3.63, 3.8) is 0 Å². The van der Waals surface area contributed by atoms with Gasteiger partial charge >= 0.3 is 0 Å². The standard InChI is InChI=1S/C9H20BrN/c1-4-9(5-2)11(3)8-6-7-10/h9H,4-8H2,1-3H3. The van der Waals surface area contributed by atoms with Crippen LogP contribution in [0.15, 0.2) is 0 Å². The molecule has 68 valence electrons. The number of nitrogens with zero attached hydrogens (tertiary/aromatic N) is 1. The molecule has 0 fully saturated rings. The molecule has 0 saturated carbocycles. The summed E-state index contributed by atoms with van der Waals surface area (Å²) in [6.45, 7) is 5.75. The number of rotatable bonds is 6. The third kappa shape index (κ3) is 4.81. The van der Waals surface area contributed by atoms with Crippen molar-refractivity contribution in [3.05, 3.63) is 0 Å². The first kappa shape index (κ1) is 11.4. The van der Waals surface area contributed by atoms with Gasteiger partial charge in [-0.1, -0.05) is 29.8 Å². The molecule has 0 atom stereocenters. The van der Waals surface area contributed by atoms with Crippen LogP contribution in [0.3, 0.4) is 0 Å². The number of halogens is 1. The van der Waals surface area contributed by atoms with Crippen LogP contribution in [-0.4, -0.2) is 29.9 Å². The Kier molecular flexibility index (Phi) is 7.39. The Hall–Kier alpha value is 0.440. The fraction of sp³-hybridized carbons (Fsp3) is 1.00. The van der Waals surface area contributed by atoms with Crippen molar-refractivity contribution in [2.24, 2.45) is 0 Å². The summed E-state index contributed by atoms with van der Waals surface area (Å²) in [5.41, 5.74) is 0. The predicted octanol–water partition coefficient (Wildman–Crippen LogP) is 2.89. The van der Waals surface area contributed by atoms with Crippen LogP contribution in [0.25, 0.3) is 0 Å².